The molecule has 33 heavy (non-hydrogen) atoms. The SMILES string of the molecule is Cc1cc(CN(C)C)nc(C(C)C)c1N1CNC(=O)c2cc(Cl)c(-c3ccccc3F)nc21. The Morgan fingerprint density at radius 3 is 2.58 bits per heavy atom. The fraction of sp³-hybridized carbons (Fsp3) is 0.320. The zero-order valence-corrected chi connectivity index (χ0v) is 20.2. The molecule has 3 aromatic rings. The summed E-state index contributed by atoms with van der Waals surface area (Å²) in [4.78, 5) is 26.4. The van der Waals surface area contributed by atoms with E-state index in [1.54, 1.807) is 24.3 Å². The Labute approximate surface area is 198 Å². The number of carbonyl (C=O) groups excluding carboxylic acids is 1. The van der Waals surface area contributed by atoms with Crippen molar-refractivity contribution in [2.45, 2.75) is 33.2 Å². The molecule has 0 spiro atoms. The van der Waals surface area contributed by atoms with Crippen LogP contribution in [0, 0.1) is 12.7 Å². The number of carbonyl (C=O) groups is 1. The number of pyridine rings is 2. The zero-order chi connectivity index (χ0) is 23.9. The maximum atomic E-state index is 14.6. The largest absolute Gasteiger partial charge is 0.334 e. The first kappa shape index (κ1) is 23.1. The fourth-order valence-corrected chi connectivity index (χ4v) is 4.37. The molecule has 6 nitrogen and oxygen atoms in total. The van der Waals surface area contributed by atoms with Gasteiger partial charge in [0, 0.05) is 12.1 Å². The smallest absolute Gasteiger partial charge is 0.256 e. The van der Waals surface area contributed by atoms with E-state index in [2.05, 4.69) is 30.1 Å². The topological polar surface area (TPSA) is 61.4 Å². The molecule has 1 aliphatic heterocycles. The highest BCUT2D eigenvalue weighted by Crippen LogP contribution is 2.40. The summed E-state index contributed by atoms with van der Waals surface area (Å²) in [5.74, 6) is -0.113. The van der Waals surface area contributed by atoms with Crippen LogP contribution in [0.15, 0.2) is 36.4 Å². The van der Waals surface area contributed by atoms with Crippen LogP contribution in [0.1, 0.15) is 47.1 Å². The Kier molecular flexibility index (Phi) is 6.36. The van der Waals surface area contributed by atoms with Gasteiger partial charge in [0.1, 0.15) is 11.6 Å². The molecule has 1 amide bonds. The van der Waals surface area contributed by atoms with Crippen molar-refractivity contribution in [2.24, 2.45) is 0 Å². The number of aromatic nitrogens is 2. The Bertz CT molecular complexity index is 1230. The van der Waals surface area contributed by atoms with E-state index in [0.717, 1.165) is 29.2 Å². The normalized spacial score (nSPS) is 13.5. The third-order valence-electron chi connectivity index (χ3n) is 5.54. The summed E-state index contributed by atoms with van der Waals surface area (Å²) in [6.45, 7) is 7.17. The molecule has 0 fully saturated rings. The Hall–Kier alpha value is -3.03. The summed E-state index contributed by atoms with van der Waals surface area (Å²) < 4.78 is 14.6. The molecule has 1 aromatic carbocycles. The van der Waals surface area contributed by atoms with Gasteiger partial charge in [0.2, 0.25) is 0 Å². The van der Waals surface area contributed by atoms with Crippen molar-refractivity contribution >= 4 is 29.0 Å². The highest BCUT2D eigenvalue weighted by Gasteiger charge is 2.31. The van der Waals surface area contributed by atoms with Crippen molar-refractivity contribution in [3.63, 3.8) is 0 Å². The van der Waals surface area contributed by atoms with Crippen molar-refractivity contribution in [2.75, 3.05) is 25.7 Å². The monoisotopic (exact) mass is 467 g/mol. The predicted molar refractivity (Wildman–Crippen MR) is 130 cm³/mol. The minimum Gasteiger partial charge on any atom is -0.334 e. The third kappa shape index (κ3) is 4.43. The van der Waals surface area contributed by atoms with Crippen molar-refractivity contribution in [3.05, 3.63) is 69.8 Å². The van der Waals surface area contributed by atoms with Gasteiger partial charge >= 0.3 is 0 Å². The number of fused-ring (bicyclic) bond motifs is 1. The molecule has 0 bridgehead atoms. The van der Waals surface area contributed by atoms with Crippen LogP contribution < -0.4 is 10.2 Å². The van der Waals surface area contributed by atoms with Crippen LogP contribution in [0.4, 0.5) is 15.9 Å². The molecule has 1 N–H and O–H groups in total. The number of halogens is 2. The van der Waals surface area contributed by atoms with Crippen molar-refractivity contribution in [1.82, 2.24) is 20.2 Å². The molecule has 0 atom stereocenters. The van der Waals surface area contributed by atoms with Crippen LogP contribution in [-0.4, -0.2) is 41.5 Å². The molecule has 172 valence electrons. The lowest BCUT2D eigenvalue weighted by Crippen LogP contribution is -2.42. The Morgan fingerprint density at radius 1 is 1.18 bits per heavy atom. The van der Waals surface area contributed by atoms with Crippen LogP contribution in [0.3, 0.4) is 0 Å². The molecule has 0 aliphatic carbocycles. The van der Waals surface area contributed by atoms with E-state index < -0.39 is 5.82 Å². The molecule has 0 saturated carbocycles. The van der Waals surface area contributed by atoms with Gasteiger partial charge < -0.3 is 15.1 Å². The first-order chi connectivity index (χ1) is 15.7. The lowest BCUT2D eigenvalue weighted by Gasteiger charge is -2.34. The number of hydrogen-bond donors (Lipinski definition) is 1. The van der Waals surface area contributed by atoms with Crippen LogP contribution in [0.5, 0.6) is 0 Å². The highest BCUT2D eigenvalue weighted by atomic mass is 35.5. The molecule has 3 heterocycles. The van der Waals surface area contributed by atoms with Gasteiger partial charge in [0.25, 0.3) is 5.91 Å². The zero-order valence-electron chi connectivity index (χ0n) is 19.4. The summed E-state index contributed by atoms with van der Waals surface area (Å²) in [5, 5.41) is 3.12. The number of rotatable bonds is 5. The van der Waals surface area contributed by atoms with E-state index in [1.165, 1.54) is 6.07 Å². The van der Waals surface area contributed by atoms with Crippen LogP contribution in [-0.2, 0) is 6.54 Å². The summed E-state index contributed by atoms with van der Waals surface area (Å²) in [6.07, 6.45) is 0. The van der Waals surface area contributed by atoms with E-state index in [9.17, 15) is 9.18 Å². The third-order valence-corrected chi connectivity index (χ3v) is 5.83. The van der Waals surface area contributed by atoms with E-state index in [1.807, 2.05) is 25.9 Å². The molecular weight excluding hydrogens is 441 g/mol. The number of benzene rings is 1. The Balaban J connectivity index is 1.92. The lowest BCUT2D eigenvalue weighted by molar-refractivity contribution is 0.0949. The maximum Gasteiger partial charge on any atom is 0.256 e. The molecule has 0 unspecified atom stereocenters. The Morgan fingerprint density at radius 2 is 1.91 bits per heavy atom. The number of anilines is 2. The first-order valence-corrected chi connectivity index (χ1v) is 11.2. The summed E-state index contributed by atoms with van der Waals surface area (Å²) in [5.41, 5.74) is 4.74. The molecule has 0 saturated heterocycles. The average Bonchev–Trinajstić information content (AvgIpc) is 2.74. The molecule has 0 radical (unpaired) electrons. The molecule has 1 aliphatic rings. The van der Waals surface area contributed by atoms with E-state index in [-0.39, 0.29) is 29.1 Å². The molecular formula is C25H27ClFN5O. The predicted octanol–water partition coefficient (Wildman–Crippen LogP) is 5.27. The van der Waals surface area contributed by atoms with Gasteiger partial charge in [-0.15, -0.1) is 0 Å². The molecule has 4 rings (SSSR count). The standard InChI is InChI=1S/C25H27ClFN5O/c1-14(2)21-23(15(3)10-16(29-21)12-31(4)5)32-13-28-25(33)18-11-19(26)22(30-24(18)32)17-8-6-7-9-20(17)27/h6-11,14H,12-13H2,1-5H3,(H,28,33). The lowest BCUT2D eigenvalue weighted by atomic mass is 10.0. The first-order valence-electron chi connectivity index (χ1n) is 10.8. The van der Waals surface area contributed by atoms with Gasteiger partial charge in [-0.25, -0.2) is 9.37 Å². The fourth-order valence-electron chi connectivity index (χ4n) is 4.12. The number of aryl methyl sites for hydroxylation is 1. The van der Waals surface area contributed by atoms with Gasteiger partial charge in [-0.2, -0.15) is 0 Å². The second-order valence-corrected chi connectivity index (χ2v) is 9.23. The minimum absolute atomic E-state index is 0.139. The number of nitrogens with one attached hydrogen (secondary N) is 1. The number of nitrogens with zero attached hydrogens (tertiary/aromatic N) is 4. The van der Waals surface area contributed by atoms with Gasteiger partial charge in [0.05, 0.1) is 40.0 Å². The number of amides is 1. The quantitative estimate of drug-likeness (QED) is 0.554. The second-order valence-electron chi connectivity index (χ2n) is 8.82. The van der Waals surface area contributed by atoms with Gasteiger partial charge in [-0.1, -0.05) is 37.6 Å². The van der Waals surface area contributed by atoms with Crippen LogP contribution in [0.25, 0.3) is 11.3 Å². The second kappa shape index (κ2) is 9.08. The maximum absolute atomic E-state index is 14.6. The summed E-state index contributed by atoms with van der Waals surface area (Å²) >= 11 is 6.46. The molecule has 8 heteroatoms. The van der Waals surface area contributed by atoms with Crippen molar-refractivity contribution < 1.29 is 9.18 Å². The van der Waals surface area contributed by atoms with E-state index in [4.69, 9.17) is 21.6 Å². The average molecular weight is 468 g/mol. The van der Waals surface area contributed by atoms with E-state index in [0.29, 0.717) is 17.1 Å². The summed E-state index contributed by atoms with van der Waals surface area (Å²) in [7, 11) is 4.02. The van der Waals surface area contributed by atoms with Crippen LogP contribution in [0.2, 0.25) is 5.02 Å². The van der Waals surface area contributed by atoms with Crippen molar-refractivity contribution in [3.8, 4) is 11.3 Å². The van der Waals surface area contributed by atoms with Gasteiger partial charge in [-0.05, 0) is 56.8 Å². The van der Waals surface area contributed by atoms with E-state index >= 15 is 0 Å². The minimum atomic E-state index is -0.424. The van der Waals surface area contributed by atoms with Crippen molar-refractivity contribution in [1.29, 1.82) is 0 Å². The highest BCUT2D eigenvalue weighted by molar-refractivity contribution is 6.33. The molecule has 2 aromatic heterocycles. The van der Waals surface area contributed by atoms with Gasteiger partial charge in [0.15, 0.2) is 0 Å². The number of hydrogen-bond acceptors (Lipinski definition) is 5. The van der Waals surface area contributed by atoms with Crippen LogP contribution >= 0.6 is 11.6 Å². The van der Waals surface area contributed by atoms with Gasteiger partial charge in [-0.3, -0.25) is 9.78 Å². The summed E-state index contributed by atoms with van der Waals surface area (Å²) in [6, 6.07) is 9.96.